The lowest BCUT2D eigenvalue weighted by Gasteiger charge is -2.24. The summed E-state index contributed by atoms with van der Waals surface area (Å²) in [6, 6.07) is 21.7. The van der Waals surface area contributed by atoms with Crippen LogP contribution in [-0.2, 0) is 0 Å². The first-order valence-corrected chi connectivity index (χ1v) is 9.65. The Hall–Kier alpha value is -3.14. The summed E-state index contributed by atoms with van der Waals surface area (Å²) < 4.78 is 0. The van der Waals surface area contributed by atoms with Gasteiger partial charge in [-0.25, -0.2) is 0 Å². The fourth-order valence-electron chi connectivity index (χ4n) is 3.51. The van der Waals surface area contributed by atoms with Gasteiger partial charge in [-0.3, -0.25) is 9.99 Å². The molecule has 4 nitrogen and oxygen atoms in total. The van der Waals surface area contributed by atoms with Gasteiger partial charge in [-0.2, -0.15) is 5.10 Å². The van der Waals surface area contributed by atoms with Crippen LogP contribution in [0.3, 0.4) is 0 Å². The van der Waals surface area contributed by atoms with E-state index >= 15 is 0 Å². The number of aryl methyl sites for hydroxylation is 2. The minimum absolute atomic E-state index is 0.176. The number of hydrogen-bond acceptors (Lipinski definition) is 4. The molecule has 0 saturated heterocycles. The highest BCUT2D eigenvalue weighted by molar-refractivity contribution is 6.03. The number of nitrogens with zero attached hydrogens (tertiary/aromatic N) is 4. The normalized spacial score (nSPS) is 16.2. The van der Waals surface area contributed by atoms with E-state index < -0.39 is 0 Å². The molecule has 4 heteroatoms. The van der Waals surface area contributed by atoms with E-state index in [0.717, 1.165) is 29.1 Å². The quantitative estimate of drug-likeness (QED) is 0.639. The third-order valence-corrected chi connectivity index (χ3v) is 5.25. The monoisotopic (exact) mass is 370 g/mol. The second-order valence-corrected chi connectivity index (χ2v) is 7.62. The molecular weight excluding hydrogens is 344 g/mol. The fourth-order valence-corrected chi connectivity index (χ4v) is 3.51. The van der Waals surface area contributed by atoms with Crippen molar-refractivity contribution in [2.75, 3.05) is 24.0 Å². The van der Waals surface area contributed by atoms with Crippen molar-refractivity contribution in [1.29, 1.82) is 0 Å². The summed E-state index contributed by atoms with van der Waals surface area (Å²) in [7, 11) is 4.13. The van der Waals surface area contributed by atoms with Crippen LogP contribution in [0, 0.1) is 13.8 Å². The Morgan fingerprint density at radius 3 is 2.21 bits per heavy atom. The number of benzene rings is 2. The van der Waals surface area contributed by atoms with Crippen LogP contribution in [-0.4, -0.2) is 24.8 Å². The molecule has 142 valence electrons. The number of anilines is 2. The van der Waals surface area contributed by atoms with Crippen LogP contribution in [0.25, 0.3) is 0 Å². The number of hydrogen-bond donors (Lipinski definition) is 0. The number of pyridine rings is 1. The van der Waals surface area contributed by atoms with Crippen molar-refractivity contribution in [2.45, 2.75) is 26.3 Å². The van der Waals surface area contributed by atoms with E-state index in [2.05, 4.69) is 90.5 Å². The molecule has 1 atom stereocenters. The highest BCUT2D eigenvalue weighted by Gasteiger charge is 2.30. The second-order valence-electron chi connectivity index (χ2n) is 7.62. The first-order chi connectivity index (χ1) is 13.5. The van der Waals surface area contributed by atoms with Gasteiger partial charge in [0.1, 0.15) is 0 Å². The van der Waals surface area contributed by atoms with Crippen LogP contribution in [0.1, 0.15) is 34.8 Å². The van der Waals surface area contributed by atoms with Gasteiger partial charge in [-0.1, -0.05) is 29.8 Å². The first-order valence-electron chi connectivity index (χ1n) is 9.65. The molecule has 0 radical (unpaired) electrons. The molecule has 1 aliphatic heterocycles. The van der Waals surface area contributed by atoms with Crippen molar-refractivity contribution in [3.63, 3.8) is 0 Å². The standard InChI is InChI=1S/C24H26N4/c1-17-5-11-22(12-6-17)28-24(19-9-13-21(14-10-19)27(3)4)15-23(26-28)20-8-7-18(2)25-16-20/h5-14,16,24H,15H2,1-4H3. The first kappa shape index (κ1) is 18.2. The van der Waals surface area contributed by atoms with Crippen LogP contribution in [0.5, 0.6) is 0 Å². The smallest absolute Gasteiger partial charge is 0.0831 e. The lowest BCUT2D eigenvalue weighted by Crippen LogP contribution is -2.18. The Bertz CT molecular complexity index is 971. The van der Waals surface area contributed by atoms with E-state index in [1.165, 1.54) is 16.8 Å². The number of rotatable bonds is 4. The number of hydrazone groups is 1. The van der Waals surface area contributed by atoms with Crippen molar-refractivity contribution in [3.8, 4) is 0 Å². The summed E-state index contributed by atoms with van der Waals surface area (Å²) >= 11 is 0. The largest absolute Gasteiger partial charge is 0.378 e. The minimum atomic E-state index is 0.176. The molecular formula is C24H26N4. The van der Waals surface area contributed by atoms with Crippen LogP contribution in [0.2, 0.25) is 0 Å². The molecule has 1 aliphatic rings. The fraction of sp³-hybridized carbons (Fsp3) is 0.250. The molecule has 0 amide bonds. The minimum Gasteiger partial charge on any atom is -0.378 e. The van der Waals surface area contributed by atoms with E-state index in [9.17, 15) is 0 Å². The third-order valence-electron chi connectivity index (χ3n) is 5.25. The Balaban J connectivity index is 1.71. The van der Waals surface area contributed by atoms with E-state index in [4.69, 9.17) is 5.10 Å². The average molecular weight is 371 g/mol. The summed E-state index contributed by atoms with van der Waals surface area (Å²) in [5.41, 5.74) is 8.03. The highest BCUT2D eigenvalue weighted by Crippen LogP contribution is 2.37. The maximum absolute atomic E-state index is 5.00. The Morgan fingerprint density at radius 1 is 0.893 bits per heavy atom. The molecule has 0 bridgehead atoms. The summed E-state index contributed by atoms with van der Waals surface area (Å²) in [6.45, 7) is 4.12. The average Bonchev–Trinajstić information content (AvgIpc) is 3.14. The van der Waals surface area contributed by atoms with Gasteiger partial charge in [0.05, 0.1) is 17.4 Å². The zero-order valence-corrected chi connectivity index (χ0v) is 16.9. The Labute approximate surface area is 167 Å². The molecule has 0 saturated carbocycles. The Kier molecular flexibility index (Phi) is 4.86. The predicted octanol–water partition coefficient (Wildman–Crippen LogP) is 5.12. The van der Waals surface area contributed by atoms with Gasteiger partial charge in [0.2, 0.25) is 0 Å². The van der Waals surface area contributed by atoms with Crippen LogP contribution < -0.4 is 9.91 Å². The van der Waals surface area contributed by atoms with Gasteiger partial charge in [0, 0.05) is 43.7 Å². The molecule has 0 spiro atoms. The van der Waals surface area contributed by atoms with Crippen LogP contribution in [0.15, 0.2) is 72.0 Å². The van der Waals surface area contributed by atoms with Gasteiger partial charge in [-0.05, 0) is 55.8 Å². The van der Waals surface area contributed by atoms with E-state index in [0.29, 0.717) is 0 Å². The lowest BCUT2D eigenvalue weighted by atomic mass is 9.98. The Morgan fingerprint density at radius 2 is 1.61 bits per heavy atom. The SMILES string of the molecule is Cc1ccc(N2N=C(c3ccc(C)nc3)CC2c2ccc(N(C)C)cc2)cc1. The molecule has 0 fully saturated rings. The molecule has 0 N–H and O–H groups in total. The maximum atomic E-state index is 5.00. The topological polar surface area (TPSA) is 31.7 Å². The summed E-state index contributed by atoms with van der Waals surface area (Å²) in [5, 5.41) is 7.15. The van der Waals surface area contributed by atoms with Gasteiger partial charge in [-0.15, -0.1) is 0 Å². The maximum Gasteiger partial charge on any atom is 0.0831 e. The van der Waals surface area contributed by atoms with E-state index in [-0.39, 0.29) is 6.04 Å². The summed E-state index contributed by atoms with van der Waals surface area (Å²) in [6.07, 6.45) is 2.79. The van der Waals surface area contributed by atoms with Gasteiger partial charge < -0.3 is 4.90 Å². The third kappa shape index (κ3) is 3.63. The molecule has 2 heterocycles. The molecule has 2 aromatic carbocycles. The predicted molar refractivity (Wildman–Crippen MR) is 117 cm³/mol. The van der Waals surface area contributed by atoms with Gasteiger partial charge >= 0.3 is 0 Å². The summed E-state index contributed by atoms with van der Waals surface area (Å²) in [4.78, 5) is 6.58. The van der Waals surface area contributed by atoms with E-state index in [1.807, 2.05) is 19.2 Å². The highest BCUT2D eigenvalue weighted by atomic mass is 15.5. The van der Waals surface area contributed by atoms with Crippen LogP contribution in [0.4, 0.5) is 11.4 Å². The molecule has 0 aliphatic carbocycles. The van der Waals surface area contributed by atoms with Crippen molar-refractivity contribution >= 4 is 17.1 Å². The van der Waals surface area contributed by atoms with E-state index in [1.54, 1.807) is 0 Å². The van der Waals surface area contributed by atoms with Crippen molar-refractivity contribution in [1.82, 2.24) is 4.98 Å². The summed E-state index contributed by atoms with van der Waals surface area (Å²) in [5.74, 6) is 0. The van der Waals surface area contributed by atoms with Crippen molar-refractivity contribution < 1.29 is 0 Å². The molecule has 1 aromatic heterocycles. The van der Waals surface area contributed by atoms with Crippen molar-refractivity contribution in [3.05, 3.63) is 89.2 Å². The molecule has 1 unspecified atom stereocenters. The zero-order valence-electron chi connectivity index (χ0n) is 16.9. The van der Waals surface area contributed by atoms with Gasteiger partial charge in [0.15, 0.2) is 0 Å². The second kappa shape index (κ2) is 7.47. The zero-order chi connectivity index (χ0) is 19.7. The van der Waals surface area contributed by atoms with Crippen LogP contribution >= 0.6 is 0 Å². The molecule has 4 rings (SSSR count). The lowest BCUT2D eigenvalue weighted by molar-refractivity contribution is 0.709. The molecule has 3 aromatic rings. The molecule has 28 heavy (non-hydrogen) atoms. The van der Waals surface area contributed by atoms with Gasteiger partial charge in [0.25, 0.3) is 0 Å². The van der Waals surface area contributed by atoms with Crippen molar-refractivity contribution in [2.24, 2.45) is 5.10 Å². The number of aromatic nitrogens is 1.